The fourth-order valence-electron chi connectivity index (χ4n) is 2.75. The molecule has 2 aromatic carbocycles. The topological polar surface area (TPSA) is 86.2 Å². The molecule has 2 aromatic rings. The van der Waals surface area contributed by atoms with Crippen LogP contribution in [0.15, 0.2) is 60.7 Å². The molecule has 0 heterocycles. The summed E-state index contributed by atoms with van der Waals surface area (Å²) in [6, 6.07) is 14.4. The van der Waals surface area contributed by atoms with Crippen LogP contribution in [-0.2, 0) is 26.1 Å². The third kappa shape index (κ3) is 4.02. The van der Waals surface area contributed by atoms with Crippen LogP contribution in [0, 0.1) is 0 Å². The van der Waals surface area contributed by atoms with Crippen molar-refractivity contribution >= 4 is 23.7 Å². The summed E-state index contributed by atoms with van der Waals surface area (Å²) in [7, 11) is 0. The molecule has 2 atom stereocenters. The van der Waals surface area contributed by atoms with Crippen molar-refractivity contribution in [2.24, 2.45) is 11.5 Å². The van der Waals surface area contributed by atoms with Gasteiger partial charge in [0.15, 0.2) is 11.6 Å². The number of rotatable bonds is 0. The molecule has 0 bridgehead atoms. The molecule has 4 N–H and O–H groups in total. The van der Waals surface area contributed by atoms with Crippen LogP contribution in [0.1, 0.15) is 34.3 Å². The molecule has 0 radical (unpaired) electrons. The summed E-state index contributed by atoms with van der Waals surface area (Å²) in [5.74, 6) is -0.0394. The summed E-state index contributed by atoms with van der Waals surface area (Å²) >= 11 is 0. The number of hydrogen-bond donors (Lipinski definition) is 2. The molecule has 0 amide bonds. The minimum absolute atomic E-state index is 0. The number of carbonyl (C=O) groups excluding carboxylic acids is 2. The Bertz CT molecular complexity index is 787. The van der Waals surface area contributed by atoms with E-state index in [1.807, 2.05) is 48.5 Å². The molecule has 0 fully saturated rings. The van der Waals surface area contributed by atoms with Crippen LogP contribution in [0.25, 0.3) is 12.2 Å². The molecule has 4 rings (SSSR count). The molecule has 0 saturated carbocycles. The van der Waals surface area contributed by atoms with E-state index in [1.165, 1.54) is 12.2 Å². The van der Waals surface area contributed by atoms with Crippen LogP contribution < -0.4 is 11.5 Å². The van der Waals surface area contributed by atoms with Gasteiger partial charge >= 0.3 is 16.5 Å². The number of nitrogens with two attached hydrogens (primary N) is 2. The Labute approximate surface area is 156 Å². The first-order valence-electron chi connectivity index (χ1n) is 7.71. The molecule has 0 spiro atoms. The first kappa shape index (κ1) is 19.0. The molecule has 128 valence electrons. The first-order valence-corrected chi connectivity index (χ1v) is 7.71. The van der Waals surface area contributed by atoms with Crippen LogP contribution in [-0.4, -0.2) is 11.6 Å². The second-order valence-electron chi connectivity index (χ2n) is 5.68. The maximum atomic E-state index is 11.1. The van der Waals surface area contributed by atoms with Gasteiger partial charge in [-0.2, -0.15) is 0 Å². The monoisotopic (exact) mass is 376 g/mol. The number of benzene rings is 2. The minimum atomic E-state index is -0.466. The zero-order valence-corrected chi connectivity index (χ0v) is 14.4. The van der Waals surface area contributed by atoms with Gasteiger partial charge in [0.1, 0.15) is 0 Å². The van der Waals surface area contributed by atoms with Gasteiger partial charge in [-0.25, -0.2) is 0 Å². The number of ketones is 2. The van der Waals surface area contributed by atoms with Gasteiger partial charge in [0.05, 0.1) is 12.1 Å². The summed E-state index contributed by atoms with van der Waals surface area (Å²) in [5.41, 5.74) is 15.3. The van der Waals surface area contributed by atoms with Gasteiger partial charge in [0.2, 0.25) is 0 Å². The van der Waals surface area contributed by atoms with Gasteiger partial charge in [0.25, 0.3) is 0 Å². The maximum Gasteiger partial charge on any atom is 2.00 e. The largest absolute Gasteiger partial charge is 2.00 e. The standard InChI is InChI=1S/2C10H9NO.Ni/c2*11-10-8-4-2-1-3-7(8)5-6-9(10)12;/h2*1-6,10H,11H2;/q;;+2. The summed E-state index contributed by atoms with van der Waals surface area (Å²) in [6.07, 6.45) is 6.68. The Balaban J connectivity index is 0.000000173. The van der Waals surface area contributed by atoms with Gasteiger partial charge in [-0.1, -0.05) is 60.7 Å². The molecule has 2 unspecified atom stereocenters. The first-order chi connectivity index (χ1) is 11.6. The van der Waals surface area contributed by atoms with Crippen molar-refractivity contribution in [2.75, 3.05) is 0 Å². The fourth-order valence-corrected chi connectivity index (χ4v) is 2.75. The van der Waals surface area contributed by atoms with Gasteiger partial charge in [-0.15, -0.1) is 0 Å². The van der Waals surface area contributed by atoms with Crippen molar-refractivity contribution in [1.29, 1.82) is 0 Å². The third-order valence-electron chi connectivity index (χ3n) is 4.13. The van der Waals surface area contributed by atoms with Crippen molar-refractivity contribution in [3.05, 3.63) is 82.9 Å². The SMILES string of the molecule is NC1C(=O)C=Cc2ccccc21.NC1C(=O)C=Cc2ccccc21.[Ni+2]. The molecular formula is C20H18N2NiO2+2. The van der Waals surface area contributed by atoms with E-state index in [0.717, 1.165) is 22.3 Å². The van der Waals surface area contributed by atoms with E-state index < -0.39 is 12.1 Å². The van der Waals surface area contributed by atoms with E-state index >= 15 is 0 Å². The predicted molar refractivity (Wildman–Crippen MR) is 94.8 cm³/mol. The fraction of sp³-hybridized carbons (Fsp3) is 0.100. The van der Waals surface area contributed by atoms with Gasteiger partial charge < -0.3 is 11.5 Å². The number of carbonyl (C=O) groups is 2. The summed E-state index contributed by atoms with van der Waals surface area (Å²) in [6.45, 7) is 0. The van der Waals surface area contributed by atoms with Gasteiger partial charge in [-0.05, 0) is 34.4 Å². The normalized spacial score (nSPS) is 19.9. The van der Waals surface area contributed by atoms with Crippen molar-refractivity contribution in [1.82, 2.24) is 0 Å². The zero-order chi connectivity index (χ0) is 17.1. The van der Waals surface area contributed by atoms with Crippen LogP contribution >= 0.6 is 0 Å². The smallest absolute Gasteiger partial charge is 0.318 e. The molecule has 2 aliphatic carbocycles. The molecular weight excluding hydrogens is 359 g/mol. The average molecular weight is 377 g/mol. The molecule has 25 heavy (non-hydrogen) atoms. The van der Waals surface area contributed by atoms with Crippen molar-refractivity contribution < 1.29 is 26.1 Å². The van der Waals surface area contributed by atoms with Gasteiger partial charge in [0, 0.05) is 0 Å². The Kier molecular flexibility index (Phi) is 6.21. The van der Waals surface area contributed by atoms with Crippen molar-refractivity contribution in [3.8, 4) is 0 Å². The minimum Gasteiger partial charge on any atom is -0.318 e. The Morgan fingerprint density at radius 3 is 1.36 bits per heavy atom. The van der Waals surface area contributed by atoms with Crippen LogP contribution in [0.5, 0.6) is 0 Å². The molecule has 0 saturated heterocycles. The summed E-state index contributed by atoms with van der Waals surface area (Å²) < 4.78 is 0. The zero-order valence-electron chi connectivity index (χ0n) is 13.4. The maximum absolute atomic E-state index is 11.1. The Morgan fingerprint density at radius 2 is 0.960 bits per heavy atom. The number of hydrogen-bond acceptors (Lipinski definition) is 4. The molecule has 0 aromatic heterocycles. The Hall–Kier alpha value is -2.33. The van der Waals surface area contributed by atoms with E-state index in [-0.39, 0.29) is 28.1 Å². The molecule has 4 nitrogen and oxygen atoms in total. The predicted octanol–water partition coefficient (Wildman–Crippen LogP) is 2.56. The van der Waals surface area contributed by atoms with Crippen molar-refractivity contribution in [3.63, 3.8) is 0 Å². The summed E-state index contributed by atoms with van der Waals surface area (Å²) in [5, 5.41) is 0. The molecule has 2 aliphatic rings. The second-order valence-corrected chi connectivity index (χ2v) is 5.68. The Morgan fingerprint density at radius 1 is 0.600 bits per heavy atom. The molecule has 5 heteroatoms. The van der Waals surface area contributed by atoms with Crippen LogP contribution in [0.3, 0.4) is 0 Å². The second kappa shape index (κ2) is 8.17. The quantitative estimate of drug-likeness (QED) is 0.692. The van der Waals surface area contributed by atoms with Crippen LogP contribution in [0.2, 0.25) is 0 Å². The van der Waals surface area contributed by atoms with Gasteiger partial charge in [-0.3, -0.25) is 9.59 Å². The number of fused-ring (bicyclic) bond motifs is 2. The van der Waals surface area contributed by atoms with E-state index in [4.69, 9.17) is 11.5 Å². The third-order valence-corrected chi connectivity index (χ3v) is 4.13. The van der Waals surface area contributed by atoms with E-state index in [0.29, 0.717) is 0 Å². The average Bonchev–Trinajstić information content (AvgIpc) is 2.62. The van der Waals surface area contributed by atoms with Crippen LogP contribution in [0.4, 0.5) is 0 Å². The molecule has 0 aliphatic heterocycles. The van der Waals surface area contributed by atoms with E-state index in [1.54, 1.807) is 12.2 Å². The van der Waals surface area contributed by atoms with Crippen molar-refractivity contribution in [2.45, 2.75) is 12.1 Å². The summed E-state index contributed by atoms with van der Waals surface area (Å²) in [4.78, 5) is 22.3. The van der Waals surface area contributed by atoms with E-state index in [9.17, 15) is 9.59 Å². The van der Waals surface area contributed by atoms with E-state index in [2.05, 4.69) is 0 Å².